The van der Waals surface area contributed by atoms with E-state index in [1.54, 1.807) is 6.07 Å². The number of nitrogens with one attached hydrogen (secondary N) is 1. The van der Waals surface area contributed by atoms with Gasteiger partial charge in [0.25, 0.3) is 0 Å². The third-order valence-corrected chi connectivity index (χ3v) is 2.50. The van der Waals surface area contributed by atoms with Crippen LogP contribution in [0.25, 0.3) is 0 Å². The zero-order valence-electron chi connectivity index (χ0n) is 8.83. The van der Waals surface area contributed by atoms with Gasteiger partial charge in [0, 0.05) is 13.1 Å². The minimum atomic E-state index is -0.823. The number of carbonyl (C=O) groups is 1. The highest BCUT2D eigenvalue weighted by atomic mass is 19.1. The fraction of sp³-hybridized carbons (Fsp3) is 0.273. The van der Waals surface area contributed by atoms with Gasteiger partial charge in [0.2, 0.25) is 5.91 Å². The van der Waals surface area contributed by atoms with Crippen molar-refractivity contribution in [2.75, 3.05) is 24.5 Å². The minimum absolute atomic E-state index is 0.0785. The summed E-state index contributed by atoms with van der Waals surface area (Å²) < 4.78 is 27.3. The average Bonchev–Trinajstić information content (AvgIpc) is 2.28. The summed E-state index contributed by atoms with van der Waals surface area (Å²) in [6.45, 7) is 0.600. The van der Waals surface area contributed by atoms with Gasteiger partial charge in [-0.2, -0.15) is 5.26 Å². The number of nitriles is 1. The Morgan fingerprint density at radius 3 is 2.53 bits per heavy atom. The van der Waals surface area contributed by atoms with Crippen LogP contribution in [0.2, 0.25) is 0 Å². The quantitative estimate of drug-likeness (QED) is 0.785. The van der Waals surface area contributed by atoms with Crippen LogP contribution in [0.5, 0.6) is 0 Å². The second-order valence-corrected chi connectivity index (χ2v) is 3.67. The van der Waals surface area contributed by atoms with E-state index < -0.39 is 11.6 Å². The van der Waals surface area contributed by atoms with Crippen molar-refractivity contribution in [3.63, 3.8) is 0 Å². The molecule has 0 bridgehead atoms. The van der Waals surface area contributed by atoms with Crippen LogP contribution in [-0.2, 0) is 4.79 Å². The highest BCUT2D eigenvalue weighted by Crippen LogP contribution is 2.25. The Morgan fingerprint density at radius 1 is 1.35 bits per heavy atom. The summed E-state index contributed by atoms with van der Waals surface area (Å²) in [5, 5.41) is 11.1. The molecule has 1 aliphatic rings. The molecule has 1 heterocycles. The normalized spacial score (nSPS) is 15.4. The van der Waals surface area contributed by atoms with Crippen molar-refractivity contribution in [3.05, 3.63) is 29.3 Å². The summed E-state index contributed by atoms with van der Waals surface area (Å²) in [5.74, 6) is -1.92. The summed E-state index contributed by atoms with van der Waals surface area (Å²) in [7, 11) is 0. The molecule has 0 aromatic heterocycles. The van der Waals surface area contributed by atoms with Gasteiger partial charge in [-0.25, -0.2) is 8.78 Å². The van der Waals surface area contributed by atoms with E-state index in [0.29, 0.717) is 13.1 Å². The zero-order chi connectivity index (χ0) is 12.4. The Morgan fingerprint density at radius 2 is 2.00 bits per heavy atom. The number of rotatable bonds is 1. The monoisotopic (exact) mass is 237 g/mol. The SMILES string of the molecule is N#Cc1cc(F)c(N2CCNC(=O)C2)c(F)c1. The summed E-state index contributed by atoms with van der Waals surface area (Å²) in [5.41, 5.74) is -0.330. The molecule has 0 unspecified atom stereocenters. The fourth-order valence-corrected chi connectivity index (χ4v) is 1.76. The van der Waals surface area contributed by atoms with E-state index in [2.05, 4.69) is 5.32 Å². The first kappa shape index (κ1) is 11.3. The van der Waals surface area contributed by atoms with E-state index in [1.165, 1.54) is 4.90 Å². The number of anilines is 1. The first-order valence-corrected chi connectivity index (χ1v) is 5.02. The molecule has 1 saturated heterocycles. The lowest BCUT2D eigenvalue weighted by Gasteiger charge is -2.29. The van der Waals surface area contributed by atoms with Crippen LogP contribution in [0.15, 0.2) is 12.1 Å². The third kappa shape index (κ3) is 2.18. The molecule has 4 nitrogen and oxygen atoms in total. The molecule has 1 N–H and O–H groups in total. The van der Waals surface area contributed by atoms with Gasteiger partial charge in [0.1, 0.15) is 5.69 Å². The molecule has 0 saturated carbocycles. The van der Waals surface area contributed by atoms with E-state index in [-0.39, 0.29) is 23.7 Å². The van der Waals surface area contributed by atoms with Gasteiger partial charge in [0.05, 0.1) is 18.2 Å². The average molecular weight is 237 g/mol. The van der Waals surface area contributed by atoms with Crippen LogP contribution in [-0.4, -0.2) is 25.5 Å². The van der Waals surface area contributed by atoms with Crippen molar-refractivity contribution < 1.29 is 13.6 Å². The van der Waals surface area contributed by atoms with E-state index in [1.807, 2.05) is 0 Å². The largest absolute Gasteiger partial charge is 0.356 e. The molecule has 2 rings (SSSR count). The maximum Gasteiger partial charge on any atom is 0.239 e. The topological polar surface area (TPSA) is 56.1 Å². The van der Waals surface area contributed by atoms with Crippen molar-refractivity contribution in [3.8, 4) is 6.07 Å². The molecule has 17 heavy (non-hydrogen) atoms. The second kappa shape index (κ2) is 4.37. The Labute approximate surface area is 96.4 Å². The molecule has 6 heteroatoms. The minimum Gasteiger partial charge on any atom is -0.356 e. The zero-order valence-corrected chi connectivity index (χ0v) is 8.83. The summed E-state index contributed by atoms with van der Waals surface area (Å²) >= 11 is 0. The molecule has 1 aromatic carbocycles. The smallest absolute Gasteiger partial charge is 0.239 e. The number of nitrogens with zero attached hydrogens (tertiary/aromatic N) is 2. The van der Waals surface area contributed by atoms with Crippen LogP contribution in [0.3, 0.4) is 0 Å². The van der Waals surface area contributed by atoms with E-state index in [9.17, 15) is 13.6 Å². The lowest BCUT2D eigenvalue weighted by atomic mass is 10.1. The Kier molecular flexibility index (Phi) is 2.91. The Balaban J connectivity index is 2.38. The lowest BCUT2D eigenvalue weighted by molar-refractivity contribution is -0.120. The maximum atomic E-state index is 13.6. The van der Waals surface area contributed by atoms with Crippen molar-refractivity contribution in [1.82, 2.24) is 5.32 Å². The first-order chi connectivity index (χ1) is 8.11. The van der Waals surface area contributed by atoms with Gasteiger partial charge < -0.3 is 10.2 Å². The van der Waals surface area contributed by atoms with Gasteiger partial charge in [-0.15, -0.1) is 0 Å². The predicted molar refractivity (Wildman–Crippen MR) is 56.3 cm³/mol. The summed E-state index contributed by atoms with van der Waals surface area (Å²) in [6, 6.07) is 3.60. The Hall–Kier alpha value is -2.16. The van der Waals surface area contributed by atoms with Gasteiger partial charge >= 0.3 is 0 Å². The van der Waals surface area contributed by atoms with Gasteiger partial charge in [-0.1, -0.05) is 0 Å². The molecule has 0 radical (unpaired) electrons. The van der Waals surface area contributed by atoms with E-state index in [0.717, 1.165) is 12.1 Å². The van der Waals surface area contributed by atoms with Crippen LogP contribution in [0, 0.1) is 23.0 Å². The highest BCUT2D eigenvalue weighted by molar-refractivity contribution is 5.82. The van der Waals surface area contributed by atoms with Crippen LogP contribution >= 0.6 is 0 Å². The number of amides is 1. The molecule has 88 valence electrons. The second-order valence-electron chi connectivity index (χ2n) is 3.67. The molecule has 1 aromatic rings. The number of halogens is 2. The number of piperazine rings is 1. The van der Waals surface area contributed by atoms with Crippen LogP contribution in [0.1, 0.15) is 5.56 Å². The van der Waals surface area contributed by atoms with Crippen LogP contribution < -0.4 is 10.2 Å². The molecule has 0 atom stereocenters. The van der Waals surface area contributed by atoms with Crippen molar-refractivity contribution in [2.45, 2.75) is 0 Å². The predicted octanol–water partition coefficient (Wildman–Crippen LogP) is 0.773. The number of hydrogen-bond donors (Lipinski definition) is 1. The molecule has 1 aliphatic heterocycles. The third-order valence-electron chi connectivity index (χ3n) is 2.50. The van der Waals surface area contributed by atoms with E-state index in [4.69, 9.17) is 5.26 Å². The van der Waals surface area contributed by atoms with E-state index >= 15 is 0 Å². The summed E-state index contributed by atoms with van der Waals surface area (Å²) in [4.78, 5) is 12.5. The molecule has 1 fully saturated rings. The van der Waals surface area contributed by atoms with Crippen molar-refractivity contribution >= 4 is 11.6 Å². The summed E-state index contributed by atoms with van der Waals surface area (Å²) in [6.07, 6.45) is 0. The molecule has 1 amide bonds. The number of carbonyl (C=O) groups excluding carboxylic acids is 1. The first-order valence-electron chi connectivity index (χ1n) is 5.02. The van der Waals surface area contributed by atoms with Crippen molar-refractivity contribution in [1.29, 1.82) is 5.26 Å². The molecular formula is C11H9F2N3O. The van der Waals surface area contributed by atoms with Crippen LogP contribution in [0.4, 0.5) is 14.5 Å². The van der Waals surface area contributed by atoms with Gasteiger partial charge in [-0.05, 0) is 12.1 Å². The fourth-order valence-electron chi connectivity index (χ4n) is 1.76. The number of benzene rings is 1. The molecule has 0 spiro atoms. The van der Waals surface area contributed by atoms with Gasteiger partial charge in [-0.3, -0.25) is 4.79 Å². The highest BCUT2D eigenvalue weighted by Gasteiger charge is 2.23. The lowest BCUT2D eigenvalue weighted by Crippen LogP contribution is -2.48. The van der Waals surface area contributed by atoms with Crippen molar-refractivity contribution in [2.24, 2.45) is 0 Å². The molecule has 0 aliphatic carbocycles. The molecular weight excluding hydrogens is 228 g/mol. The van der Waals surface area contributed by atoms with Gasteiger partial charge in [0.15, 0.2) is 11.6 Å². The standard InChI is InChI=1S/C11H9F2N3O/c12-8-3-7(5-14)4-9(13)11(8)16-2-1-15-10(17)6-16/h3-4H,1-2,6H2,(H,15,17). The number of hydrogen-bond acceptors (Lipinski definition) is 3. The Bertz CT molecular complexity index is 487. The maximum absolute atomic E-state index is 13.6.